The van der Waals surface area contributed by atoms with Gasteiger partial charge in [-0.1, -0.05) is 0 Å². The van der Waals surface area contributed by atoms with Crippen LogP contribution in [0.1, 0.15) is 27.3 Å². The van der Waals surface area contributed by atoms with Crippen LogP contribution in [0.15, 0.2) is 65.3 Å². The zero-order valence-corrected chi connectivity index (χ0v) is 14.9. The lowest BCUT2D eigenvalue weighted by Gasteiger charge is -2.11. The molecule has 0 saturated heterocycles. The summed E-state index contributed by atoms with van der Waals surface area (Å²) < 4.78 is 16.3. The van der Waals surface area contributed by atoms with Crippen molar-refractivity contribution in [2.75, 3.05) is 23.8 Å². The fourth-order valence-electron chi connectivity index (χ4n) is 2.75. The lowest BCUT2D eigenvalue weighted by atomic mass is 10.2. The molecule has 0 radical (unpaired) electrons. The predicted molar refractivity (Wildman–Crippen MR) is 103 cm³/mol. The molecule has 0 bridgehead atoms. The Labute approximate surface area is 161 Å². The number of ether oxygens (including phenoxy) is 2. The highest BCUT2D eigenvalue weighted by Gasteiger charge is 2.13. The van der Waals surface area contributed by atoms with Crippen molar-refractivity contribution in [2.24, 2.45) is 0 Å². The van der Waals surface area contributed by atoms with Gasteiger partial charge in [0.2, 0.25) is 0 Å². The van der Waals surface area contributed by atoms with Gasteiger partial charge in [-0.25, -0.2) is 0 Å². The molecule has 1 aliphatic heterocycles. The van der Waals surface area contributed by atoms with Gasteiger partial charge in [0, 0.05) is 29.4 Å². The first-order chi connectivity index (χ1) is 13.7. The second-order valence-corrected chi connectivity index (χ2v) is 6.17. The van der Waals surface area contributed by atoms with Crippen LogP contribution in [0.2, 0.25) is 0 Å². The minimum atomic E-state index is -0.352. The molecule has 1 aromatic heterocycles. The Balaban J connectivity index is 1.41. The third-order valence-corrected chi connectivity index (χ3v) is 4.16. The molecule has 2 amide bonds. The number of benzene rings is 2. The molecule has 4 rings (SSSR count). The Morgan fingerprint density at radius 3 is 2.25 bits per heavy atom. The largest absolute Gasteiger partial charge is 0.490 e. The summed E-state index contributed by atoms with van der Waals surface area (Å²) in [5, 5.41) is 5.54. The van der Waals surface area contributed by atoms with Crippen molar-refractivity contribution in [1.29, 1.82) is 0 Å². The molecule has 3 aromatic rings. The number of hydrogen-bond donors (Lipinski definition) is 2. The summed E-state index contributed by atoms with van der Waals surface area (Å²) in [5.41, 5.74) is 1.64. The molecule has 0 spiro atoms. The number of anilines is 2. The second kappa shape index (κ2) is 7.87. The molecular formula is C21H18N2O5. The molecule has 0 unspecified atom stereocenters. The number of rotatable bonds is 4. The highest BCUT2D eigenvalue weighted by molar-refractivity contribution is 6.05. The minimum absolute atomic E-state index is 0.219. The van der Waals surface area contributed by atoms with E-state index in [1.54, 1.807) is 54.6 Å². The molecule has 0 fully saturated rings. The molecule has 142 valence electrons. The fourth-order valence-corrected chi connectivity index (χ4v) is 2.75. The number of fused-ring (bicyclic) bond motifs is 1. The molecule has 7 nitrogen and oxygen atoms in total. The van der Waals surface area contributed by atoms with Crippen LogP contribution in [0.4, 0.5) is 11.4 Å². The van der Waals surface area contributed by atoms with Gasteiger partial charge in [0.05, 0.1) is 19.5 Å². The quantitative estimate of drug-likeness (QED) is 0.718. The molecule has 2 heterocycles. The Hall–Kier alpha value is -3.74. The third-order valence-electron chi connectivity index (χ3n) is 4.16. The van der Waals surface area contributed by atoms with Crippen LogP contribution >= 0.6 is 0 Å². The first-order valence-corrected chi connectivity index (χ1v) is 8.85. The molecule has 1 aliphatic rings. The number of carbonyl (C=O) groups is 2. The maximum Gasteiger partial charge on any atom is 0.291 e. The zero-order valence-electron chi connectivity index (χ0n) is 14.9. The van der Waals surface area contributed by atoms with E-state index in [0.29, 0.717) is 41.7 Å². The van der Waals surface area contributed by atoms with Gasteiger partial charge in [-0.2, -0.15) is 0 Å². The van der Waals surface area contributed by atoms with E-state index in [2.05, 4.69) is 10.6 Å². The van der Waals surface area contributed by atoms with Crippen LogP contribution in [-0.4, -0.2) is 25.0 Å². The van der Waals surface area contributed by atoms with Crippen LogP contribution in [0, 0.1) is 0 Å². The van der Waals surface area contributed by atoms with Crippen molar-refractivity contribution in [2.45, 2.75) is 6.42 Å². The Morgan fingerprint density at radius 1 is 0.786 bits per heavy atom. The van der Waals surface area contributed by atoms with Gasteiger partial charge in [-0.05, 0) is 48.5 Å². The maximum atomic E-state index is 12.5. The summed E-state index contributed by atoms with van der Waals surface area (Å²) in [5.74, 6) is 0.891. The average Bonchev–Trinajstić information content (AvgIpc) is 3.15. The normalized spacial score (nSPS) is 12.7. The van der Waals surface area contributed by atoms with Crippen LogP contribution in [0.25, 0.3) is 0 Å². The van der Waals surface area contributed by atoms with E-state index in [1.165, 1.54) is 6.26 Å². The Bertz CT molecular complexity index is 981. The highest BCUT2D eigenvalue weighted by atomic mass is 16.5. The lowest BCUT2D eigenvalue weighted by molar-refractivity contribution is 0.0995. The highest BCUT2D eigenvalue weighted by Crippen LogP contribution is 2.32. The van der Waals surface area contributed by atoms with E-state index < -0.39 is 0 Å². The zero-order chi connectivity index (χ0) is 19.3. The van der Waals surface area contributed by atoms with Gasteiger partial charge in [0.15, 0.2) is 17.3 Å². The van der Waals surface area contributed by atoms with Gasteiger partial charge >= 0.3 is 0 Å². The first kappa shape index (κ1) is 17.7. The van der Waals surface area contributed by atoms with E-state index in [0.717, 1.165) is 6.42 Å². The Morgan fingerprint density at radius 2 is 1.50 bits per heavy atom. The molecule has 2 aromatic carbocycles. The third kappa shape index (κ3) is 3.98. The van der Waals surface area contributed by atoms with E-state index in [4.69, 9.17) is 13.9 Å². The van der Waals surface area contributed by atoms with Gasteiger partial charge in [-0.15, -0.1) is 0 Å². The number of nitrogens with one attached hydrogen (secondary N) is 2. The van der Waals surface area contributed by atoms with Crippen LogP contribution in [0.3, 0.4) is 0 Å². The van der Waals surface area contributed by atoms with Crippen molar-refractivity contribution in [3.05, 3.63) is 72.2 Å². The first-order valence-electron chi connectivity index (χ1n) is 8.85. The van der Waals surface area contributed by atoms with Gasteiger partial charge < -0.3 is 24.5 Å². The summed E-state index contributed by atoms with van der Waals surface area (Å²) in [6.07, 6.45) is 2.25. The van der Waals surface area contributed by atoms with Gasteiger partial charge in [0.1, 0.15) is 0 Å². The van der Waals surface area contributed by atoms with Crippen molar-refractivity contribution in [3.63, 3.8) is 0 Å². The maximum absolute atomic E-state index is 12.5. The second-order valence-electron chi connectivity index (χ2n) is 6.17. The van der Waals surface area contributed by atoms with Gasteiger partial charge in [-0.3, -0.25) is 9.59 Å². The van der Waals surface area contributed by atoms with Crippen LogP contribution < -0.4 is 20.1 Å². The average molecular weight is 378 g/mol. The van der Waals surface area contributed by atoms with Crippen LogP contribution in [-0.2, 0) is 0 Å². The fraction of sp³-hybridized carbons (Fsp3) is 0.143. The Kier molecular flexibility index (Phi) is 4.97. The summed E-state index contributed by atoms with van der Waals surface area (Å²) in [6, 6.07) is 15.1. The number of amides is 2. The molecule has 2 N–H and O–H groups in total. The molecular weight excluding hydrogens is 360 g/mol. The standard InChI is InChI=1S/C21H18N2O5/c24-20(23-16-8-9-17-19(13-16)28-12-2-11-26-17)14-4-6-15(7-5-14)22-21(25)18-3-1-10-27-18/h1,3-10,13H,2,11-12H2,(H,22,25)(H,23,24). The SMILES string of the molecule is O=C(Nc1ccc2c(c1)OCCCO2)c1ccc(NC(=O)c2ccco2)cc1. The summed E-state index contributed by atoms with van der Waals surface area (Å²) >= 11 is 0. The molecule has 0 atom stereocenters. The summed E-state index contributed by atoms with van der Waals surface area (Å²) in [6.45, 7) is 1.19. The molecule has 7 heteroatoms. The summed E-state index contributed by atoms with van der Waals surface area (Å²) in [4.78, 5) is 24.5. The van der Waals surface area contributed by atoms with Crippen molar-refractivity contribution in [3.8, 4) is 11.5 Å². The smallest absolute Gasteiger partial charge is 0.291 e. The van der Waals surface area contributed by atoms with Crippen LogP contribution in [0.5, 0.6) is 11.5 Å². The lowest BCUT2D eigenvalue weighted by Crippen LogP contribution is -2.13. The monoisotopic (exact) mass is 378 g/mol. The van der Waals surface area contributed by atoms with Crippen molar-refractivity contribution >= 4 is 23.2 Å². The van der Waals surface area contributed by atoms with E-state index in [1.807, 2.05) is 0 Å². The molecule has 0 aliphatic carbocycles. The summed E-state index contributed by atoms with van der Waals surface area (Å²) in [7, 11) is 0. The van der Waals surface area contributed by atoms with Crippen molar-refractivity contribution in [1.82, 2.24) is 0 Å². The van der Waals surface area contributed by atoms with Gasteiger partial charge in [0.25, 0.3) is 11.8 Å². The molecule has 28 heavy (non-hydrogen) atoms. The minimum Gasteiger partial charge on any atom is -0.490 e. The molecule has 0 saturated carbocycles. The van der Waals surface area contributed by atoms with Crippen molar-refractivity contribution < 1.29 is 23.5 Å². The van der Waals surface area contributed by atoms with E-state index in [9.17, 15) is 9.59 Å². The van der Waals surface area contributed by atoms with E-state index in [-0.39, 0.29) is 17.6 Å². The topological polar surface area (TPSA) is 89.8 Å². The number of furan rings is 1. The number of hydrogen-bond acceptors (Lipinski definition) is 5. The number of carbonyl (C=O) groups excluding carboxylic acids is 2. The van der Waals surface area contributed by atoms with E-state index >= 15 is 0 Å². The predicted octanol–water partition coefficient (Wildman–Crippen LogP) is 3.95.